The number of alkyl halides is 3. The lowest BCUT2D eigenvalue weighted by molar-refractivity contribution is -0.274. The van der Waals surface area contributed by atoms with E-state index in [1.165, 1.54) is 12.1 Å². The van der Waals surface area contributed by atoms with Crippen LogP contribution in [0.15, 0.2) is 30.3 Å². The molecule has 1 fully saturated rings. The molecule has 21 heavy (non-hydrogen) atoms. The molecule has 2 aliphatic heterocycles. The van der Waals surface area contributed by atoms with E-state index < -0.39 is 6.36 Å². The molecule has 0 radical (unpaired) electrons. The lowest BCUT2D eigenvalue weighted by Crippen LogP contribution is -2.51. The standard InChI is InChI=1S/C15H16F3NO2/c1-19-12-5-11(6-13(19)9-20-8-12)10-3-2-4-14(7-10)21-15(16,17)18/h2-5,7,12-13H,6,8-9H2,1H3. The van der Waals surface area contributed by atoms with Crippen LogP contribution >= 0.6 is 0 Å². The number of morpholine rings is 1. The number of rotatable bonds is 2. The summed E-state index contributed by atoms with van der Waals surface area (Å²) in [5.41, 5.74) is 1.83. The Bertz CT molecular complexity index is 556. The average molecular weight is 299 g/mol. The van der Waals surface area contributed by atoms with E-state index in [4.69, 9.17) is 4.74 Å². The van der Waals surface area contributed by atoms with Crippen molar-refractivity contribution in [1.82, 2.24) is 4.90 Å². The van der Waals surface area contributed by atoms with Gasteiger partial charge in [0.15, 0.2) is 0 Å². The third-order valence-electron chi connectivity index (χ3n) is 3.99. The van der Waals surface area contributed by atoms with Crippen LogP contribution in [0, 0.1) is 0 Å². The highest BCUT2D eigenvalue weighted by atomic mass is 19.4. The Balaban J connectivity index is 1.85. The second kappa shape index (κ2) is 5.35. The van der Waals surface area contributed by atoms with Crippen molar-refractivity contribution in [3.05, 3.63) is 35.9 Å². The number of halogens is 3. The smallest absolute Gasteiger partial charge is 0.406 e. The van der Waals surface area contributed by atoms with Gasteiger partial charge < -0.3 is 9.47 Å². The topological polar surface area (TPSA) is 21.7 Å². The molecule has 0 amide bonds. The first-order valence-electron chi connectivity index (χ1n) is 6.79. The first-order valence-corrected chi connectivity index (χ1v) is 6.79. The Morgan fingerprint density at radius 2 is 2.10 bits per heavy atom. The van der Waals surface area contributed by atoms with E-state index in [9.17, 15) is 13.2 Å². The maximum absolute atomic E-state index is 12.3. The van der Waals surface area contributed by atoms with Crippen LogP contribution in [0.4, 0.5) is 13.2 Å². The van der Waals surface area contributed by atoms with E-state index in [1.807, 2.05) is 13.1 Å². The first kappa shape index (κ1) is 14.4. The summed E-state index contributed by atoms with van der Waals surface area (Å²) in [6.45, 7) is 1.28. The maximum atomic E-state index is 12.3. The summed E-state index contributed by atoms with van der Waals surface area (Å²) in [6.07, 6.45) is -1.82. The van der Waals surface area contributed by atoms with Crippen molar-refractivity contribution in [3.63, 3.8) is 0 Å². The minimum absolute atomic E-state index is 0.179. The number of hydrogen-bond acceptors (Lipinski definition) is 3. The molecule has 3 rings (SSSR count). The molecular weight excluding hydrogens is 283 g/mol. The molecule has 1 aromatic rings. The third-order valence-corrected chi connectivity index (χ3v) is 3.99. The number of ether oxygens (including phenoxy) is 2. The van der Waals surface area contributed by atoms with Gasteiger partial charge >= 0.3 is 6.36 Å². The quantitative estimate of drug-likeness (QED) is 0.838. The van der Waals surface area contributed by atoms with Gasteiger partial charge in [0.1, 0.15) is 5.75 Å². The van der Waals surface area contributed by atoms with Crippen molar-refractivity contribution in [2.45, 2.75) is 24.9 Å². The SMILES string of the molecule is CN1C2C=C(c3cccc(OC(F)(F)F)c3)CC1COC2. The predicted molar refractivity (Wildman–Crippen MR) is 71.9 cm³/mol. The molecule has 0 spiro atoms. The van der Waals surface area contributed by atoms with Crippen molar-refractivity contribution < 1.29 is 22.6 Å². The maximum Gasteiger partial charge on any atom is 0.573 e. The van der Waals surface area contributed by atoms with E-state index in [0.29, 0.717) is 13.2 Å². The summed E-state index contributed by atoms with van der Waals surface area (Å²) in [7, 11) is 2.05. The zero-order valence-electron chi connectivity index (χ0n) is 11.6. The number of fused-ring (bicyclic) bond motifs is 2. The number of likely N-dealkylation sites (N-methyl/N-ethyl adjacent to an activating group) is 1. The fourth-order valence-corrected chi connectivity index (χ4v) is 2.86. The fraction of sp³-hybridized carbons (Fsp3) is 0.467. The molecule has 2 unspecified atom stereocenters. The zero-order chi connectivity index (χ0) is 15.0. The molecule has 2 heterocycles. The summed E-state index contributed by atoms with van der Waals surface area (Å²) < 4.78 is 46.4. The Hall–Kier alpha value is -1.53. The van der Waals surface area contributed by atoms with Crippen molar-refractivity contribution in [3.8, 4) is 5.75 Å². The van der Waals surface area contributed by atoms with E-state index in [1.54, 1.807) is 6.07 Å². The van der Waals surface area contributed by atoms with Crippen molar-refractivity contribution >= 4 is 5.57 Å². The van der Waals surface area contributed by atoms with Crippen molar-refractivity contribution in [2.24, 2.45) is 0 Å². The zero-order valence-corrected chi connectivity index (χ0v) is 11.6. The monoisotopic (exact) mass is 299 g/mol. The summed E-state index contributed by atoms with van der Waals surface area (Å²) in [4.78, 5) is 2.25. The minimum Gasteiger partial charge on any atom is -0.406 e. The molecule has 0 aliphatic carbocycles. The molecule has 6 heteroatoms. The lowest BCUT2D eigenvalue weighted by Gasteiger charge is -2.42. The molecule has 2 bridgehead atoms. The van der Waals surface area contributed by atoms with Crippen LogP contribution in [0.2, 0.25) is 0 Å². The highest BCUT2D eigenvalue weighted by Crippen LogP contribution is 2.33. The van der Waals surface area contributed by atoms with Crippen LogP contribution < -0.4 is 4.74 Å². The summed E-state index contributed by atoms with van der Waals surface area (Å²) >= 11 is 0. The minimum atomic E-state index is -4.66. The largest absolute Gasteiger partial charge is 0.573 e. The van der Waals surface area contributed by atoms with E-state index in [0.717, 1.165) is 17.6 Å². The van der Waals surface area contributed by atoms with Gasteiger partial charge in [-0.05, 0) is 36.7 Å². The van der Waals surface area contributed by atoms with Gasteiger partial charge in [-0.1, -0.05) is 18.2 Å². The normalized spacial score (nSPS) is 26.4. The van der Waals surface area contributed by atoms with E-state index >= 15 is 0 Å². The van der Waals surface area contributed by atoms with Crippen LogP contribution in [0.3, 0.4) is 0 Å². The molecule has 2 atom stereocenters. The highest BCUT2D eigenvalue weighted by Gasteiger charge is 2.33. The molecule has 2 aliphatic rings. The van der Waals surface area contributed by atoms with Crippen LogP contribution in [0.1, 0.15) is 12.0 Å². The fourth-order valence-electron chi connectivity index (χ4n) is 2.86. The van der Waals surface area contributed by atoms with E-state index in [2.05, 4.69) is 15.7 Å². The Labute approximate surface area is 120 Å². The molecule has 114 valence electrons. The second-order valence-electron chi connectivity index (χ2n) is 5.40. The number of nitrogens with zero attached hydrogens (tertiary/aromatic N) is 1. The van der Waals surface area contributed by atoms with Gasteiger partial charge in [-0.3, -0.25) is 4.90 Å². The van der Waals surface area contributed by atoms with Gasteiger partial charge in [0, 0.05) is 6.04 Å². The van der Waals surface area contributed by atoms with Gasteiger partial charge in [-0.25, -0.2) is 0 Å². The average Bonchev–Trinajstić information content (AvgIpc) is 2.36. The molecule has 1 aromatic carbocycles. The van der Waals surface area contributed by atoms with Crippen LogP contribution in [-0.4, -0.2) is 43.6 Å². The summed E-state index contributed by atoms with van der Waals surface area (Å²) in [5.74, 6) is -0.179. The third kappa shape index (κ3) is 3.22. The van der Waals surface area contributed by atoms with Crippen LogP contribution in [-0.2, 0) is 4.74 Å². The van der Waals surface area contributed by atoms with E-state index in [-0.39, 0.29) is 17.8 Å². The Kier molecular flexibility index (Phi) is 3.67. The van der Waals surface area contributed by atoms with Gasteiger partial charge in [0.2, 0.25) is 0 Å². The molecular formula is C15H16F3NO2. The predicted octanol–water partition coefficient (Wildman–Crippen LogP) is 3.07. The van der Waals surface area contributed by atoms with Gasteiger partial charge in [-0.15, -0.1) is 13.2 Å². The lowest BCUT2D eigenvalue weighted by atomic mass is 9.90. The second-order valence-corrected chi connectivity index (χ2v) is 5.40. The highest BCUT2D eigenvalue weighted by molar-refractivity contribution is 5.68. The Morgan fingerprint density at radius 3 is 2.81 bits per heavy atom. The van der Waals surface area contributed by atoms with Crippen molar-refractivity contribution in [1.29, 1.82) is 0 Å². The van der Waals surface area contributed by atoms with Gasteiger partial charge in [-0.2, -0.15) is 0 Å². The number of benzene rings is 1. The molecule has 3 nitrogen and oxygen atoms in total. The van der Waals surface area contributed by atoms with Gasteiger partial charge in [0.05, 0.1) is 19.3 Å². The molecule has 0 saturated carbocycles. The van der Waals surface area contributed by atoms with Gasteiger partial charge in [0.25, 0.3) is 0 Å². The first-order chi connectivity index (χ1) is 9.92. The van der Waals surface area contributed by atoms with Crippen molar-refractivity contribution in [2.75, 3.05) is 20.3 Å². The Morgan fingerprint density at radius 1 is 1.29 bits per heavy atom. The number of hydrogen-bond donors (Lipinski definition) is 0. The molecule has 0 aromatic heterocycles. The molecule has 0 N–H and O–H groups in total. The van der Waals surface area contributed by atoms with Crippen LogP contribution in [0.25, 0.3) is 5.57 Å². The summed E-state index contributed by atoms with van der Waals surface area (Å²) in [5, 5.41) is 0. The summed E-state index contributed by atoms with van der Waals surface area (Å²) in [6, 6.07) is 6.62. The molecule has 1 saturated heterocycles. The van der Waals surface area contributed by atoms with Crippen LogP contribution in [0.5, 0.6) is 5.75 Å².